The van der Waals surface area contributed by atoms with Crippen molar-refractivity contribution in [2.75, 3.05) is 6.54 Å². The lowest BCUT2D eigenvalue weighted by Gasteiger charge is -2.11. The first-order valence-electron chi connectivity index (χ1n) is 6.47. The minimum atomic E-state index is -0.839. The molecule has 6 heteroatoms. The Labute approximate surface area is 115 Å². The Bertz CT molecular complexity index is 701. The highest BCUT2D eigenvalue weighted by Crippen LogP contribution is 2.45. The highest BCUT2D eigenvalue weighted by molar-refractivity contribution is 6.05. The maximum Gasteiger partial charge on any atom is 0.311 e. The number of carboxylic acid groups (broad SMARTS) is 1. The molecule has 1 aliphatic carbocycles. The number of hydrogen-bond acceptors (Lipinski definition) is 3. The molecule has 0 atom stereocenters. The minimum absolute atomic E-state index is 0.171. The maximum atomic E-state index is 12.3. The fourth-order valence-corrected chi connectivity index (χ4v) is 2.35. The molecule has 0 saturated heterocycles. The Kier molecular flexibility index (Phi) is 2.74. The van der Waals surface area contributed by atoms with E-state index in [0.29, 0.717) is 23.9 Å². The zero-order valence-corrected chi connectivity index (χ0v) is 11.1. The van der Waals surface area contributed by atoms with E-state index in [4.69, 9.17) is 5.11 Å². The first-order chi connectivity index (χ1) is 9.52. The van der Waals surface area contributed by atoms with E-state index in [1.54, 1.807) is 12.3 Å². The lowest BCUT2D eigenvalue weighted by atomic mass is 10.1. The average Bonchev–Trinajstić information content (AvgIpc) is 3.07. The van der Waals surface area contributed by atoms with Gasteiger partial charge in [-0.15, -0.1) is 0 Å². The van der Waals surface area contributed by atoms with Crippen LogP contribution >= 0.6 is 0 Å². The number of nitrogens with one attached hydrogen (secondary N) is 2. The van der Waals surface area contributed by atoms with Gasteiger partial charge in [-0.2, -0.15) is 5.10 Å². The molecule has 0 radical (unpaired) electrons. The fourth-order valence-electron chi connectivity index (χ4n) is 2.35. The van der Waals surface area contributed by atoms with Crippen LogP contribution in [0.4, 0.5) is 0 Å². The molecular weight excluding hydrogens is 258 g/mol. The molecule has 2 aromatic rings. The summed E-state index contributed by atoms with van der Waals surface area (Å²) < 4.78 is 0. The average molecular weight is 273 g/mol. The van der Waals surface area contributed by atoms with Crippen molar-refractivity contribution in [1.29, 1.82) is 0 Å². The summed E-state index contributed by atoms with van der Waals surface area (Å²) in [6.45, 7) is 2.08. The van der Waals surface area contributed by atoms with Crippen LogP contribution in [0.15, 0.2) is 18.3 Å². The number of fused-ring (bicyclic) bond motifs is 1. The van der Waals surface area contributed by atoms with Gasteiger partial charge < -0.3 is 10.4 Å². The number of carboxylic acids is 1. The van der Waals surface area contributed by atoms with Gasteiger partial charge in [0.25, 0.3) is 5.91 Å². The van der Waals surface area contributed by atoms with E-state index in [-0.39, 0.29) is 12.5 Å². The number of aromatic nitrogens is 2. The van der Waals surface area contributed by atoms with E-state index in [2.05, 4.69) is 15.5 Å². The van der Waals surface area contributed by atoms with Crippen LogP contribution in [-0.2, 0) is 4.79 Å². The number of aromatic amines is 1. The van der Waals surface area contributed by atoms with Crippen molar-refractivity contribution in [3.63, 3.8) is 0 Å². The third kappa shape index (κ3) is 2.03. The second kappa shape index (κ2) is 4.33. The minimum Gasteiger partial charge on any atom is -0.481 e. The normalized spacial score (nSPS) is 16.1. The standard InChI is InChI=1S/C14H15N3O3/c1-8-4-9-6-16-17-11(9)10(5-8)12(18)15-7-14(2-3-14)13(19)20/h4-6H,2-3,7H2,1H3,(H,15,18)(H,16,17)(H,19,20). The van der Waals surface area contributed by atoms with Crippen molar-refractivity contribution in [3.05, 3.63) is 29.5 Å². The van der Waals surface area contributed by atoms with Gasteiger partial charge >= 0.3 is 5.97 Å². The van der Waals surface area contributed by atoms with Crippen LogP contribution in [0.3, 0.4) is 0 Å². The second-order valence-electron chi connectivity index (χ2n) is 5.41. The highest BCUT2D eigenvalue weighted by atomic mass is 16.4. The second-order valence-corrected chi connectivity index (χ2v) is 5.41. The monoisotopic (exact) mass is 273 g/mol. The molecule has 1 heterocycles. The van der Waals surface area contributed by atoms with Crippen LogP contribution < -0.4 is 5.32 Å². The molecule has 0 unspecified atom stereocenters. The number of amides is 1. The molecule has 1 aromatic heterocycles. The van der Waals surface area contributed by atoms with Crippen LogP contribution in [0.1, 0.15) is 28.8 Å². The molecule has 1 amide bonds. The summed E-state index contributed by atoms with van der Waals surface area (Å²) in [6.07, 6.45) is 2.91. The fraction of sp³-hybridized carbons (Fsp3) is 0.357. The van der Waals surface area contributed by atoms with Gasteiger partial charge in [0.1, 0.15) is 0 Å². The molecule has 1 aromatic carbocycles. The number of aryl methyl sites for hydroxylation is 1. The van der Waals surface area contributed by atoms with E-state index in [9.17, 15) is 9.59 Å². The lowest BCUT2D eigenvalue weighted by molar-refractivity contribution is -0.143. The molecule has 3 rings (SSSR count). The molecule has 1 fully saturated rings. The number of aliphatic carboxylic acids is 1. The topological polar surface area (TPSA) is 95.1 Å². The summed E-state index contributed by atoms with van der Waals surface area (Å²) >= 11 is 0. The van der Waals surface area contributed by atoms with E-state index in [1.807, 2.05) is 13.0 Å². The first-order valence-corrected chi connectivity index (χ1v) is 6.47. The summed E-state index contributed by atoms with van der Waals surface area (Å²) in [6, 6.07) is 3.71. The highest BCUT2D eigenvalue weighted by Gasteiger charge is 2.50. The summed E-state index contributed by atoms with van der Waals surface area (Å²) in [5.74, 6) is -1.11. The van der Waals surface area contributed by atoms with E-state index < -0.39 is 11.4 Å². The lowest BCUT2D eigenvalue weighted by Crippen LogP contribution is -2.34. The van der Waals surface area contributed by atoms with Crippen molar-refractivity contribution in [3.8, 4) is 0 Å². The number of nitrogens with zero attached hydrogens (tertiary/aromatic N) is 1. The quantitative estimate of drug-likeness (QED) is 0.786. The van der Waals surface area contributed by atoms with E-state index in [0.717, 1.165) is 10.9 Å². The van der Waals surface area contributed by atoms with Gasteiger partial charge in [-0.3, -0.25) is 14.7 Å². The Morgan fingerprint density at radius 2 is 2.20 bits per heavy atom. The predicted molar refractivity (Wildman–Crippen MR) is 72.5 cm³/mol. The third-order valence-corrected chi connectivity index (χ3v) is 3.83. The zero-order chi connectivity index (χ0) is 14.3. The number of benzene rings is 1. The van der Waals surface area contributed by atoms with Gasteiger partial charge in [0.05, 0.1) is 22.7 Å². The molecule has 6 nitrogen and oxygen atoms in total. The van der Waals surface area contributed by atoms with Crippen LogP contribution in [0.2, 0.25) is 0 Å². The van der Waals surface area contributed by atoms with Crippen molar-refractivity contribution in [1.82, 2.24) is 15.5 Å². The maximum absolute atomic E-state index is 12.3. The van der Waals surface area contributed by atoms with Crippen LogP contribution in [-0.4, -0.2) is 33.7 Å². The first kappa shape index (κ1) is 12.7. The Morgan fingerprint density at radius 1 is 1.45 bits per heavy atom. The van der Waals surface area contributed by atoms with Crippen LogP contribution in [0.5, 0.6) is 0 Å². The van der Waals surface area contributed by atoms with E-state index >= 15 is 0 Å². The van der Waals surface area contributed by atoms with Gasteiger partial charge in [0, 0.05) is 11.9 Å². The summed E-state index contributed by atoms with van der Waals surface area (Å²) in [7, 11) is 0. The molecule has 1 aliphatic rings. The van der Waals surface area contributed by atoms with Crippen molar-refractivity contribution in [2.45, 2.75) is 19.8 Å². The molecule has 1 saturated carbocycles. The largest absolute Gasteiger partial charge is 0.481 e. The summed E-state index contributed by atoms with van der Waals surface area (Å²) in [5, 5.41) is 19.4. The number of carbonyl (C=O) groups excluding carboxylic acids is 1. The van der Waals surface area contributed by atoms with Crippen LogP contribution in [0, 0.1) is 12.3 Å². The molecule has 104 valence electrons. The Hall–Kier alpha value is -2.37. The van der Waals surface area contributed by atoms with Crippen molar-refractivity contribution >= 4 is 22.8 Å². The zero-order valence-electron chi connectivity index (χ0n) is 11.1. The molecule has 3 N–H and O–H groups in total. The molecule has 0 spiro atoms. The molecule has 20 heavy (non-hydrogen) atoms. The van der Waals surface area contributed by atoms with Gasteiger partial charge in [-0.25, -0.2) is 0 Å². The molecular formula is C14H15N3O3. The SMILES string of the molecule is Cc1cc(C(=O)NCC2(C(=O)O)CC2)c2[nH]ncc2c1. The predicted octanol–water partition coefficient (Wildman–Crippen LogP) is 1.47. The smallest absolute Gasteiger partial charge is 0.311 e. The number of hydrogen-bond donors (Lipinski definition) is 3. The van der Waals surface area contributed by atoms with Gasteiger partial charge in [0.15, 0.2) is 0 Å². The van der Waals surface area contributed by atoms with E-state index in [1.165, 1.54) is 0 Å². The van der Waals surface area contributed by atoms with Crippen molar-refractivity contribution in [2.24, 2.45) is 5.41 Å². The summed E-state index contributed by atoms with van der Waals surface area (Å²) in [4.78, 5) is 23.3. The third-order valence-electron chi connectivity index (χ3n) is 3.83. The summed E-state index contributed by atoms with van der Waals surface area (Å²) in [5.41, 5.74) is 1.38. The van der Waals surface area contributed by atoms with Gasteiger partial charge in [0.2, 0.25) is 0 Å². The van der Waals surface area contributed by atoms with Gasteiger partial charge in [-0.1, -0.05) is 0 Å². The molecule has 0 bridgehead atoms. The number of carbonyl (C=O) groups is 2. The van der Waals surface area contributed by atoms with Crippen LogP contribution in [0.25, 0.3) is 10.9 Å². The Balaban J connectivity index is 1.82. The van der Waals surface area contributed by atoms with Gasteiger partial charge in [-0.05, 0) is 37.5 Å². The Morgan fingerprint density at radius 3 is 2.85 bits per heavy atom. The van der Waals surface area contributed by atoms with Crippen molar-refractivity contribution < 1.29 is 14.7 Å². The number of H-pyrrole nitrogens is 1. The number of rotatable bonds is 4. The molecule has 0 aliphatic heterocycles.